The van der Waals surface area contributed by atoms with Crippen molar-refractivity contribution in [1.82, 2.24) is 0 Å². The second-order valence-corrected chi connectivity index (χ2v) is 2.59. The summed E-state index contributed by atoms with van der Waals surface area (Å²) in [5.74, 6) is -1.13. The zero-order valence-electron chi connectivity index (χ0n) is 7.02. The van der Waals surface area contributed by atoms with Crippen LogP contribution in [-0.4, -0.2) is 15.1 Å². The molecule has 0 unspecified atom stereocenters. The van der Waals surface area contributed by atoms with Gasteiger partial charge in [0.1, 0.15) is 0 Å². The number of aromatic hydroxyl groups is 2. The molecule has 0 saturated heterocycles. The van der Waals surface area contributed by atoms with Crippen molar-refractivity contribution in [3.05, 3.63) is 27.8 Å². The van der Waals surface area contributed by atoms with E-state index in [9.17, 15) is 10.1 Å². The number of nitro groups is 1. The van der Waals surface area contributed by atoms with Crippen molar-refractivity contribution in [2.24, 2.45) is 0 Å². The highest BCUT2D eigenvalue weighted by Crippen LogP contribution is 2.35. The van der Waals surface area contributed by atoms with E-state index >= 15 is 0 Å². The van der Waals surface area contributed by atoms with E-state index in [2.05, 4.69) is 0 Å². The van der Waals surface area contributed by atoms with Crippen LogP contribution < -0.4 is 0 Å². The minimum atomic E-state index is -0.728. The molecule has 0 aliphatic heterocycles. The van der Waals surface area contributed by atoms with E-state index in [1.54, 1.807) is 6.92 Å². The fraction of sp³-hybridized carbons (Fsp3) is 0.250. The number of aryl methyl sites for hydroxylation is 1. The molecule has 13 heavy (non-hydrogen) atoms. The monoisotopic (exact) mass is 183 g/mol. The molecule has 0 fully saturated rings. The molecule has 0 saturated carbocycles. The molecule has 2 N–H and O–H groups in total. The molecule has 0 atom stereocenters. The van der Waals surface area contributed by atoms with Gasteiger partial charge in [-0.15, -0.1) is 0 Å². The SMILES string of the molecule is CCc1cc(O)c(O)c([N+](=O)[O-])c1. The molecule has 70 valence electrons. The summed E-state index contributed by atoms with van der Waals surface area (Å²) in [6.45, 7) is 1.80. The average molecular weight is 183 g/mol. The summed E-state index contributed by atoms with van der Waals surface area (Å²) in [6, 6.07) is 2.55. The van der Waals surface area contributed by atoms with Gasteiger partial charge in [0.15, 0.2) is 5.75 Å². The van der Waals surface area contributed by atoms with Crippen LogP contribution in [0.25, 0.3) is 0 Å². The molecule has 1 rings (SSSR count). The summed E-state index contributed by atoms with van der Waals surface area (Å²) in [5.41, 5.74) is 0.152. The largest absolute Gasteiger partial charge is 0.504 e. The summed E-state index contributed by atoms with van der Waals surface area (Å²) < 4.78 is 0. The van der Waals surface area contributed by atoms with Crippen LogP contribution in [-0.2, 0) is 6.42 Å². The third-order valence-corrected chi connectivity index (χ3v) is 1.73. The summed E-state index contributed by atoms with van der Waals surface area (Å²) in [7, 11) is 0. The van der Waals surface area contributed by atoms with Crippen molar-refractivity contribution < 1.29 is 15.1 Å². The standard InChI is InChI=1S/C8H9NO4/c1-2-5-3-6(9(12)13)8(11)7(10)4-5/h3-4,10-11H,2H2,1H3. The molecule has 1 aromatic carbocycles. The first-order valence-corrected chi connectivity index (χ1v) is 3.75. The number of nitro benzene ring substituents is 1. The van der Waals surface area contributed by atoms with Gasteiger partial charge in [-0.3, -0.25) is 10.1 Å². The van der Waals surface area contributed by atoms with Gasteiger partial charge in [-0.05, 0) is 18.1 Å². The van der Waals surface area contributed by atoms with Crippen LogP contribution in [0.3, 0.4) is 0 Å². The maximum Gasteiger partial charge on any atom is 0.314 e. The molecule has 0 aliphatic carbocycles. The topological polar surface area (TPSA) is 83.6 Å². The Labute approximate surface area is 74.4 Å². The molecule has 5 nitrogen and oxygen atoms in total. The van der Waals surface area contributed by atoms with Crippen molar-refractivity contribution in [2.75, 3.05) is 0 Å². The maximum absolute atomic E-state index is 10.4. The third kappa shape index (κ3) is 1.69. The fourth-order valence-electron chi connectivity index (χ4n) is 1.00. The number of hydrogen-bond donors (Lipinski definition) is 2. The fourth-order valence-corrected chi connectivity index (χ4v) is 1.00. The van der Waals surface area contributed by atoms with E-state index in [0.717, 1.165) is 0 Å². The number of hydrogen-bond acceptors (Lipinski definition) is 4. The Balaban J connectivity index is 3.33. The van der Waals surface area contributed by atoms with Gasteiger partial charge in [0.05, 0.1) is 4.92 Å². The first-order chi connectivity index (χ1) is 6.06. The van der Waals surface area contributed by atoms with E-state index in [-0.39, 0.29) is 0 Å². The Kier molecular flexibility index (Phi) is 2.36. The zero-order valence-corrected chi connectivity index (χ0v) is 7.02. The lowest BCUT2D eigenvalue weighted by Crippen LogP contribution is -1.91. The van der Waals surface area contributed by atoms with E-state index in [4.69, 9.17) is 10.2 Å². The smallest absolute Gasteiger partial charge is 0.314 e. The van der Waals surface area contributed by atoms with Crippen LogP contribution in [0, 0.1) is 10.1 Å². The first-order valence-electron chi connectivity index (χ1n) is 3.75. The third-order valence-electron chi connectivity index (χ3n) is 1.73. The van der Waals surface area contributed by atoms with Crippen molar-refractivity contribution >= 4 is 5.69 Å². The predicted octanol–water partition coefficient (Wildman–Crippen LogP) is 1.57. The second-order valence-electron chi connectivity index (χ2n) is 2.59. The highest BCUT2D eigenvalue weighted by molar-refractivity contribution is 5.56. The lowest BCUT2D eigenvalue weighted by atomic mass is 10.1. The van der Waals surface area contributed by atoms with Crippen molar-refractivity contribution in [3.63, 3.8) is 0 Å². The van der Waals surface area contributed by atoms with Gasteiger partial charge < -0.3 is 10.2 Å². The summed E-state index contributed by atoms with van der Waals surface area (Å²) in [4.78, 5) is 9.65. The summed E-state index contributed by atoms with van der Waals surface area (Å²) in [5, 5.41) is 28.6. The highest BCUT2D eigenvalue weighted by Gasteiger charge is 2.17. The molecule has 5 heteroatoms. The van der Waals surface area contributed by atoms with E-state index in [1.807, 2.05) is 0 Å². The molecule has 0 aromatic heterocycles. The van der Waals surface area contributed by atoms with Gasteiger partial charge in [0.2, 0.25) is 5.75 Å². The summed E-state index contributed by atoms with van der Waals surface area (Å²) >= 11 is 0. The summed E-state index contributed by atoms with van der Waals surface area (Å²) in [6.07, 6.45) is 0.564. The quantitative estimate of drug-likeness (QED) is 0.414. The maximum atomic E-state index is 10.4. The van der Waals surface area contributed by atoms with Gasteiger partial charge >= 0.3 is 5.69 Å². The number of nitrogens with zero attached hydrogens (tertiary/aromatic N) is 1. The van der Waals surface area contributed by atoms with Gasteiger partial charge in [-0.25, -0.2) is 0 Å². The van der Waals surface area contributed by atoms with Gasteiger partial charge in [-0.2, -0.15) is 0 Å². The van der Waals surface area contributed by atoms with Crippen LogP contribution in [0.1, 0.15) is 12.5 Å². The minimum absolute atomic E-state index is 0.453. The number of benzene rings is 1. The van der Waals surface area contributed by atoms with Crippen LogP contribution >= 0.6 is 0 Å². The number of phenols is 2. The molecule has 0 radical (unpaired) electrons. The second kappa shape index (κ2) is 3.30. The van der Waals surface area contributed by atoms with E-state index in [1.165, 1.54) is 12.1 Å². The zero-order chi connectivity index (χ0) is 10.0. The van der Waals surface area contributed by atoms with Gasteiger partial charge in [-0.1, -0.05) is 6.92 Å². The Hall–Kier alpha value is -1.78. The van der Waals surface area contributed by atoms with Crippen LogP contribution in [0.2, 0.25) is 0 Å². The highest BCUT2D eigenvalue weighted by atomic mass is 16.6. The van der Waals surface area contributed by atoms with E-state index < -0.39 is 22.1 Å². The Morgan fingerprint density at radius 2 is 2.08 bits per heavy atom. The molecule has 0 aliphatic rings. The number of phenolic OH excluding ortho intramolecular Hbond substituents is 2. The Morgan fingerprint density at radius 1 is 1.46 bits per heavy atom. The van der Waals surface area contributed by atoms with Gasteiger partial charge in [0, 0.05) is 6.07 Å². The van der Waals surface area contributed by atoms with Crippen molar-refractivity contribution in [1.29, 1.82) is 0 Å². The van der Waals surface area contributed by atoms with Crippen LogP contribution in [0.4, 0.5) is 5.69 Å². The van der Waals surface area contributed by atoms with Crippen LogP contribution in [0.15, 0.2) is 12.1 Å². The van der Waals surface area contributed by atoms with Crippen LogP contribution in [0.5, 0.6) is 11.5 Å². The molecular weight excluding hydrogens is 174 g/mol. The van der Waals surface area contributed by atoms with Crippen molar-refractivity contribution in [2.45, 2.75) is 13.3 Å². The molecule has 0 heterocycles. The lowest BCUT2D eigenvalue weighted by Gasteiger charge is -2.01. The molecule has 0 bridgehead atoms. The predicted molar refractivity (Wildman–Crippen MR) is 45.8 cm³/mol. The average Bonchev–Trinajstić information content (AvgIpc) is 2.09. The molecule has 1 aromatic rings. The Bertz CT molecular complexity index is 348. The lowest BCUT2D eigenvalue weighted by molar-refractivity contribution is -0.386. The minimum Gasteiger partial charge on any atom is -0.504 e. The Morgan fingerprint density at radius 3 is 2.54 bits per heavy atom. The molecule has 0 spiro atoms. The number of rotatable bonds is 2. The van der Waals surface area contributed by atoms with Crippen molar-refractivity contribution in [3.8, 4) is 11.5 Å². The molecule has 0 amide bonds. The molecular formula is C8H9NO4. The van der Waals surface area contributed by atoms with E-state index in [0.29, 0.717) is 12.0 Å². The first kappa shape index (κ1) is 9.31. The normalized spacial score (nSPS) is 9.92. The van der Waals surface area contributed by atoms with Gasteiger partial charge in [0.25, 0.3) is 0 Å².